The van der Waals surface area contributed by atoms with E-state index in [-0.39, 0.29) is 0 Å². The molecule has 3 rings (SSSR count). The number of methoxy groups -OCH3 is 1. The summed E-state index contributed by atoms with van der Waals surface area (Å²) >= 11 is 0. The van der Waals surface area contributed by atoms with Crippen LogP contribution in [0, 0.1) is 13.8 Å². The first-order valence-corrected chi connectivity index (χ1v) is 10.2. The Morgan fingerprint density at radius 2 is 1.31 bits per heavy atom. The van der Waals surface area contributed by atoms with E-state index in [9.17, 15) is 0 Å². The Morgan fingerprint density at radius 3 is 1.76 bits per heavy atom. The van der Waals surface area contributed by atoms with Crippen LogP contribution in [-0.4, -0.2) is 7.11 Å². The van der Waals surface area contributed by atoms with Crippen molar-refractivity contribution >= 4 is 5.57 Å². The summed E-state index contributed by atoms with van der Waals surface area (Å²) in [6.07, 6.45) is 4.88. The molecule has 0 N–H and O–H groups in total. The first kappa shape index (κ1) is 20.7. The Labute approximate surface area is 175 Å². The van der Waals surface area contributed by atoms with Crippen molar-refractivity contribution in [2.24, 2.45) is 0 Å². The molecule has 0 unspecified atom stereocenters. The maximum Gasteiger partial charge on any atom is 0.118 e. The third-order valence-electron chi connectivity index (χ3n) is 5.26. The molecule has 0 radical (unpaired) electrons. The molecule has 0 aliphatic carbocycles. The molecule has 148 valence electrons. The smallest absolute Gasteiger partial charge is 0.118 e. The van der Waals surface area contributed by atoms with Crippen molar-refractivity contribution in [1.82, 2.24) is 0 Å². The second kappa shape index (κ2) is 9.93. The minimum Gasteiger partial charge on any atom is -0.497 e. The highest BCUT2D eigenvalue weighted by Crippen LogP contribution is 2.32. The minimum atomic E-state index is 0.891. The molecule has 0 spiro atoms. The largest absolute Gasteiger partial charge is 0.497 e. The van der Waals surface area contributed by atoms with Crippen LogP contribution < -0.4 is 4.74 Å². The normalized spacial score (nSPS) is 10.4. The Morgan fingerprint density at radius 1 is 0.793 bits per heavy atom. The van der Waals surface area contributed by atoms with Crippen LogP contribution in [0.25, 0.3) is 5.57 Å². The molecule has 0 atom stereocenters. The van der Waals surface area contributed by atoms with Gasteiger partial charge in [-0.05, 0) is 67.5 Å². The van der Waals surface area contributed by atoms with E-state index < -0.39 is 0 Å². The molecule has 0 saturated heterocycles. The van der Waals surface area contributed by atoms with Crippen molar-refractivity contribution in [3.05, 3.63) is 119 Å². The zero-order valence-electron chi connectivity index (χ0n) is 17.7. The average molecular weight is 383 g/mol. The second-order valence-corrected chi connectivity index (χ2v) is 7.56. The third kappa shape index (κ3) is 5.48. The standard InChI is InChI=1S/C28H30O/c1-5-6-7-26(20-23-12-18-27(29-4)19-13-23)28(24-14-8-21(2)9-15-24)25-16-10-22(3)11-17-25/h5,8-19H,1,6-7,20H2,2-4H3. The van der Waals surface area contributed by atoms with Gasteiger partial charge >= 0.3 is 0 Å². The first-order valence-electron chi connectivity index (χ1n) is 10.2. The average Bonchev–Trinajstić information content (AvgIpc) is 2.75. The molecule has 29 heavy (non-hydrogen) atoms. The van der Waals surface area contributed by atoms with Crippen molar-refractivity contribution in [1.29, 1.82) is 0 Å². The molecule has 0 aliphatic heterocycles. The van der Waals surface area contributed by atoms with Crippen LogP contribution in [0.2, 0.25) is 0 Å². The maximum absolute atomic E-state index is 5.32. The molecule has 0 amide bonds. The van der Waals surface area contributed by atoms with Crippen LogP contribution in [0.4, 0.5) is 0 Å². The molecule has 1 nitrogen and oxygen atoms in total. The van der Waals surface area contributed by atoms with E-state index in [1.54, 1.807) is 7.11 Å². The summed E-state index contributed by atoms with van der Waals surface area (Å²) < 4.78 is 5.32. The minimum absolute atomic E-state index is 0.891. The van der Waals surface area contributed by atoms with Crippen molar-refractivity contribution < 1.29 is 4.74 Å². The molecule has 0 saturated carbocycles. The van der Waals surface area contributed by atoms with Gasteiger partial charge in [0.25, 0.3) is 0 Å². The number of rotatable bonds is 8. The zero-order valence-corrected chi connectivity index (χ0v) is 17.7. The number of allylic oxidation sites excluding steroid dienone is 2. The van der Waals surface area contributed by atoms with Gasteiger partial charge in [0.15, 0.2) is 0 Å². The quantitative estimate of drug-likeness (QED) is 0.371. The van der Waals surface area contributed by atoms with E-state index in [1.807, 2.05) is 18.2 Å². The first-order chi connectivity index (χ1) is 14.1. The molecule has 3 aromatic rings. The lowest BCUT2D eigenvalue weighted by Crippen LogP contribution is -2.00. The van der Waals surface area contributed by atoms with E-state index in [0.717, 1.165) is 25.0 Å². The van der Waals surface area contributed by atoms with E-state index in [4.69, 9.17) is 4.74 Å². The predicted octanol–water partition coefficient (Wildman–Crippen LogP) is 7.32. The maximum atomic E-state index is 5.32. The lowest BCUT2D eigenvalue weighted by atomic mass is 9.87. The van der Waals surface area contributed by atoms with E-state index in [1.165, 1.54) is 39.0 Å². The summed E-state index contributed by atoms with van der Waals surface area (Å²) in [7, 11) is 1.71. The van der Waals surface area contributed by atoms with Gasteiger partial charge in [0.05, 0.1) is 7.11 Å². The van der Waals surface area contributed by atoms with E-state index >= 15 is 0 Å². The van der Waals surface area contributed by atoms with Gasteiger partial charge in [0.2, 0.25) is 0 Å². The van der Waals surface area contributed by atoms with Gasteiger partial charge < -0.3 is 4.74 Å². The molecule has 0 aromatic heterocycles. The molecule has 3 aromatic carbocycles. The van der Waals surface area contributed by atoms with E-state index in [0.29, 0.717) is 0 Å². The van der Waals surface area contributed by atoms with Crippen molar-refractivity contribution in [3.8, 4) is 5.75 Å². The summed E-state index contributed by atoms with van der Waals surface area (Å²) in [6, 6.07) is 26.2. The number of hydrogen-bond donors (Lipinski definition) is 0. The highest BCUT2D eigenvalue weighted by Gasteiger charge is 2.13. The fourth-order valence-electron chi connectivity index (χ4n) is 3.58. The van der Waals surface area contributed by atoms with Crippen LogP contribution in [0.3, 0.4) is 0 Å². The Hall–Kier alpha value is -3.06. The monoisotopic (exact) mass is 382 g/mol. The fraction of sp³-hybridized carbons (Fsp3) is 0.214. The predicted molar refractivity (Wildman–Crippen MR) is 125 cm³/mol. The third-order valence-corrected chi connectivity index (χ3v) is 5.26. The van der Waals surface area contributed by atoms with Crippen LogP contribution in [0.15, 0.2) is 91.0 Å². The fourth-order valence-corrected chi connectivity index (χ4v) is 3.58. The number of aryl methyl sites for hydroxylation is 2. The van der Waals surface area contributed by atoms with Crippen LogP contribution >= 0.6 is 0 Å². The number of hydrogen-bond acceptors (Lipinski definition) is 1. The molecular formula is C28H30O. The van der Waals surface area contributed by atoms with Gasteiger partial charge in [-0.3, -0.25) is 0 Å². The Bertz CT molecular complexity index is 911. The van der Waals surface area contributed by atoms with Gasteiger partial charge in [-0.2, -0.15) is 0 Å². The van der Waals surface area contributed by atoms with Gasteiger partial charge in [0.1, 0.15) is 5.75 Å². The van der Waals surface area contributed by atoms with Crippen molar-refractivity contribution in [2.75, 3.05) is 7.11 Å². The lowest BCUT2D eigenvalue weighted by molar-refractivity contribution is 0.414. The Balaban J connectivity index is 2.12. The molecule has 0 aliphatic rings. The molecular weight excluding hydrogens is 352 g/mol. The van der Waals surface area contributed by atoms with Crippen molar-refractivity contribution in [3.63, 3.8) is 0 Å². The summed E-state index contributed by atoms with van der Waals surface area (Å²) in [4.78, 5) is 0. The highest BCUT2D eigenvalue weighted by atomic mass is 16.5. The Kier molecular flexibility index (Phi) is 7.08. The summed E-state index contributed by atoms with van der Waals surface area (Å²) in [6.45, 7) is 8.22. The zero-order chi connectivity index (χ0) is 20.6. The van der Waals surface area contributed by atoms with Gasteiger partial charge in [-0.1, -0.05) is 83.4 Å². The van der Waals surface area contributed by atoms with Crippen LogP contribution in [0.5, 0.6) is 5.75 Å². The van der Waals surface area contributed by atoms with Crippen LogP contribution in [0.1, 0.15) is 40.7 Å². The summed E-state index contributed by atoms with van der Waals surface area (Å²) in [5.41, 5.74) is 9.16. The van der Waals surface area contributed by atoms with E-state index in [2.05, 4.69) is 81.1 Å². The molecule has 0 fully saturated rings. The summed E-state index contributed by atoms with van der Waals surface area (Å²) in [5, 5.41) is 0. The molecule has 1 heteroatoms. The van der Waals surface area contributed by atoms with Gasteiger partial charge in [0, 0.05) is 0 Å². The molecule has 0 bridgehead atoms. The SMILES string of the molecule is C=CCCC(Cc1ccc(OC)cc1)=C(c1ccc(C)cc1)c1ccc(C)cc1. The lowest BCUT2D eigenvalue weighted by Gasteiger charge is -2.18. The van der Waals surface area contributed by atoms with Gasteiger partial charge in [-0.15, -0.1) is 6.58 Å². The topological polar surface area (TPSA) is 9.23 Å². The van der Waals surface area contributed by atoms with Crippen LogP contribution in [-0.2, 0) is 6.42 Å². The van der Waals surface area contributed by atoms with Crippen molar-refractivity contribution in [2.45, 2.75) is 33.1 Å². The number of benzene rings is 3. The number of ether oxygens (including phenoxy) is 1. The molecule has 0 heterocycles. The van der Waals surface area contributed by atoms with Gasteiger partial charge in [-0.25, -0.2) is 0 Å². The second-order valence-electron chi connectivity index (χ2n) is 7.56. The highest BCUT2D eigenvalue weighted by molar-refractivity contribution is 5.82. The summed E-state index contributed by atoms with van der Waals surface area (Å²) in [5.74, 6) is 0.891.